The molecule has 8 aromatic carbocycles. The summed E-state index contributed by atoms with van der Waals surface area (Å²) in [6, 6.07) is 59.1. The number of anilines is 8. The lowest BCUT2D eigenvalue weighted by Crippen LogP contribution is -2.44. The van der Waals surface area contributed by atoms with Gasteiger partial charge in [0.05, 0.1) is 44.9 Å². The second kappa shape index (κ2) is 18.0. The summed E-state index contributed by atoms with van der Waals surface area (Å²) in [6.45, 7) is 9.59. The normalized spacial score (nSPS) is 23.1. The predicted molar refractivity (Wildman–Crippen MR) is 310 cm³/mol. The van der Waals surface area contributed by atoms with Gasteiger partial charge in [-0.05, 0) is 114 Å². The van der Waals surface area contributed by atoms with Crippen LogP contribution in [0.4, 0.5) is 45.5 Å². The van der Waals surface area contributed by atoms with Crippen molar-refractivity contribution in [3.8, 4) is 0 Å². The summed E-state index contributed by atoms with van der Waals surface area (Å²) < 4.78 is 0. The minimum absolute atomic E-state index is 0.374. The fourth-order valence-corrected chi connectivity index (χ4v) is 12.3. The van der Waals surface area contributed by atoms with Crippen LogP contribution in [0.2, 0.25) is 0 Å². The van der Waals surface area contributed by atoms with E-state index in [1.807, 2.05) is 0 Å². The van der Waals surface area contributed by atoms with Gasteiger partial charge >= 0.3 is 0 Å². The maximum atomic E-state index is 2.62. The largest absolute Gasteiger partial charge is 0.331 e. The van der Waals surface area contributed by atoms with Crippen LogP contribution in [0.5, 0.6) is 0 Å². The van der Waals surface area contributed by atoms with Crippen molar-refractivity contribution in [1.29, 1.82) is 0 Å². The zero-order valence-corrected chi connectivity index (χ0v) is 41.9. The van der Waals surface area contributed by atoms with Crippen molar-refractivity contribution in [3.05, 3.63) is 255 Å². The van der Waals surface area contributed by atoms with E-state index < -0.39 is 0 Å². The van der Waals surface area contributed by atoms with Crippen LogP contribution < -0.4 is 19.6 Å². The molecule has 4 heteroatoms. The van der Waals surface area contributed by atoms with Crippen LogP contribution >= 0.6 is 0 Å². The van der Waals surface area contributed by atoms with E-state index >= 15 is 0 Å². The molecular formula is C68H62N4. The Hall–Kier alpha value is -8.08. The number of allylic oxidation sites excluding steroid dienone is 8. The Morgan fingerprint density at radius 2 is 0.500 bits per heavy atom. The maximum Gasteiger partial charge on any atom is 0.0643 e. The minimum atomic E-state index is -0.374. The van der Waals surface area contributed by atoms with Crippen molar-refractivity contribution < 1.29 is 0 Å². The van der Waals surface area contributed by atoms with E-state index in [-0.39, 0.29) is 22.2 Å². The average molecular weight is 935 g/mol. The molecule has 4 nitrogen and oxygen atoms in total. The molecule has 0 fully saturated rings. The van der Waals surface area contributed by atoms with Crippen molar-refractivity contribution in [2.24, 2.45) is 0 Å². The van der Waals surface area contributed by atoms with Gasteiger partial charge in [0, 0.05) is 55.1 Å². The quantitative estimate of drug-likeness (QED) is 0.113. The zero-order chi connectivity index (χ0) is 48.9. The molecule has 0 bridgehead atoms. The summed E-state index contributed by atoms with van der Waals surface area (Å²) in [5.74, 6) is 0. The number of rotatable bonds is 12. The van der Waals surface area contributed by atoms with Gasteiger partial charge in [0.1, 0.15) is 0 Å². The van der Waals surface area contributed by atoms with Gasteiger partial charge in [-0.15, -0.1) is 0 Å². The zero-order valence-electron chi connectivity index (χ0n) is 41.9. The number of nitrogens with zero attached hydrogens (tertiary/aromatic N) is 4. The minimum Gasteiger partial charge on any atom is -0.331 e. The topological polar surface area (TPSA) is 13.0 Å². The number of benzene rings is 8. The van der Waals surface area contributed by atoms with Crippen LogP contribution in [0.3, 0.4) is 0 Å². The SMILES string of the molecule is CC1(N(c2ccccc2)c2cc(N(c3ccccc3)C3(C)C=CC=CC3)c3ccc4c(N(c5ccccc5)C5(C)C=CC=CC5)cc(N(c5ccccc5)C5(C)C=CC=CC5)c5ccc2c3c54)C=CC=CC1. The van der Waals surface area contributed by atoms with Gasteiger partial charge in [0.25, 0.3) is 0 Å². The van der Waals surface area contributed by atoms with E-state index in [2.05, 4.69) is 302 Å². The highest BCUT2D eigenvalue weighted by Crippen LogP contribution is 2.56. The molecule has 0 amide bonds. The number of hydrogen-bond donors (Lipinski definition) is 0. The summed E-state index contributed by atoms with van der Waals surface area (Å²) >= 11 is 0. The molecule has 0 radical (unpaired) electrons. The molecule has 0 aliphatic heterocycles. The van der Waals surface area contributed by atoms with Gasteiger partial charge in [-0.1, -0.05) is 194 Å². The van der Waals surface area contributed by atoms with Crippen LogP contribution in [0.25, 0.3) is 32.3 Å². The predicted octanol–water partition coefficient (Wildman–Crippen LogP) is 18.2. The fraction of sp³-hybridized carbons (Fsp3) is 0.176. The summed E-state index contributed by atoms with van der Waals surface area (Å²) in [4.78, 5) is 10.5. The van der Waals surface area contributed by atoms with Crippen LogP contribution in [0.15, 0.2) is 255 Å². The van der Waals surface area contributed by atoms with Gasteiger partial charge < -0.3 is 19.6 Å². The first-order chi connectivity index (χ1) is 35.2. The highest BCUT2D eigenvalue weighted by molar-refractivity contribution is 6.32. The second-order valence-corrected chi connectivity index (χ2v) is 21.0. The molecule has 0 saturated heterocycles. The molecule has 4 aliphatic rings. The Labute approximate surface area is 425 Å². The van der Waals surface area contributed by atoms with Crippen LogP contribution in [-0.2, 0) is 0 Å². The lowest BCUT2D eigenvalue weighted by Gasteiger charge is -2.46. The molecule has 4 unspecified atom stereocenters. The van der Waals surface area contributed by atoms with Crippen molar-refractivity contribution in [2.75, 3.05) is 19.6 Å². The molecular weight excluding hydrogens is 873 g/mol. The molecule has 0 N–H and O–H groups in total. The third kappa shape index (κ3) is 7.60. The summed E-state index contributed by atoms with van der Waals surface area (Å²) in [7, 11) is 0. The molecule has 8 aromatic rings. The van der Waals surface area contributed by atoms with Crippen LogP contribution in [0, 0.1) is 0 Å². The van der Waals surface area contributed by atoms with Gasteiger partial charge in [-0.25, -0.2) is 0 Å². The number of para-hydroxylation sites is 4. The lowest BCUT2D eigenvalue weighted by atomic mass is 9.83. The van der Waals surface area contributed by atoms with Gasteiger partial charge in [-0.3, -0.25) is 0 Å². The average Bonchev–Trinajstić information content (AvgIpc) is 3.41. The lowest BCUT2D eigenvalue weighted by molar-refractivity contribution is 0.566. The van der Waals surface area contributed by atoms with E-state index in [1.165, 1.54) is 55.1 Å². The second-order valence-electron chi connectivity index (χ2n) is 21.0. The van der Waals surface area contributed by atoms with E-state index in [0.717, 1.165) is 48.4 Å². The van der Waals surface area contributed by atoms with Crippen molar-refractivity contribution >= 4 is 77.8 Å². The van der Waals surface area contributed by atoms with Gasteiger partial charge in [-0.2, -0.15) is 0 Å². The number of hydrogen-bond acceptors (Lipinski definition) is 4. The van der Waals surface area contributed by atoms with Crippen LogP contribution in [0.1, 0.15) is 53.4 Å². The fourth-order valence-electron chi connectivity index (χ4n) is 12.3. The molecule has 4 aliphatic carbocycles. The Morgan fingerprint density at radius 1 is 0.278 bits per heavy atom. The van der Waals surface area contributed by atoms with E-state index in [4.69, 9.17) is 0 Å². The molecule has 0 saturated carbocycles. The summed E-state index contributed by atoms with van der Waals surface area (Å²) in [6.07, 6.45) is 40.0. The third-order valence-corrected chi connectivity index (χ3v) is 15.8. The summed E-state index contributed by atoms with van der Waals surface area (Å²) in [5, 5.41) is 7.39. The first kappa shape index (κ1) is 45.1. The van der Waals surface area contributed by atoms with Gasteiger partial charge in [0.15, 0.2) is 0 Å². The monoisotopic (exact) mass is 934 g/mol. The Balaban J connectivity index is 1.28. The molecule has 0 heterocycles. The highest BCUT2D eigenvalue weighted by Gasteiger charge is 2.40. The smallest absolute Gasteiger partial charge is 0.0643 e. The maximum absolute atomic E-state index is 2.62. The molecule has 0 aromatic heterocycles. The van der Waals surface area contributed by atoms with Gasteiger partial charge in [0.2, 0.25) is 0 Å². The highest BCUT2D eigenvalue weighted by atomic mass is 15.2. The first-order valence-electron chi connectivity index (χ1n) is 25.8. The Bertz CT molecular complexity index is 3080. The Morgan fingerprint density at radius 3 is 0.694 bits per heavy atom. The van der Waals surface area contributed by atoms with Crippen molar-refractivity contribution in [1.82, 2.24) is 0 Å². The van der Waals surface area contributed by atoms with E-state index in [1.54, 1.807) is 0 Å². The molecule has 354 valence electrons. The van der Waals surface area contributed by atoms with Crippen LogP contribution in [-0.4, -0.2) is 22.2 Å². The van der Waals surface area contributed by atoms with E-state index in [0.29, 0.717) is 0 Å². The molecule has 72 heavy (non-hydrogen) atoms. The first-order valence-corrected chi connectivity index (χ1v) is 25.8. The molecule has 0 spiro atoms. The Kier molecular flexibility index (Phi) is 11.2. The van der Waals surface area contributed by atoms with Crippen molar-refractivity contribution in [2.45, 2.75) is 75.5 Å². The molecule has 12 rings (SSSR count). The third-order valence-electron chi connectivity index (χ3n) is 15.8. The van der Waals surface area contributed by atoms with Crippen molar-refractivity contribution in [3.63, 3.8) is 0 Å². The summed E-state index contributed by atoms with van der Waals surface area (Å²) in [5.41, 5.74) is 7.81. The molecule has 4 atom stereocenters. The van der Waals surface area contributed by atoms with E-state index in [9.17, 15) is 0 Å². The standard InChI is InChI=1S/C68H62N4/c1-65(41-21-9-22-42-65)69(51-29-13-5-14-30-51)59-49-60(70(52-31-15-6-16-32-52)66(2)43-23-10-24-44-66)56-39-40-58-62(72(54-35-19-8-20-36-54)68(4)47-27-12-28-48-68)50-61(57-38-37-55(59)63(56)64(57)58)71(53-33-17-7-18-34-53)67(3)45-25-11-26-46-67/h5-41,43,45,47,49-50H,42,44,46,48H2,1-4H3.